The van der Waals surface area contributed by atoms with Crippen LogP contribution in [0.5, 0.6) is 0 Å². The van der Waals surface area contributed by atoms with Gasteiger partial charge in [-0.05, 0) is 11.1 Å². The molecule has 0 bridgehead atoms. The zero-order valence-electron chi connectivity index (χ0n) is 12.8. The minimum absolute atomic E-state index is 0.0349. The van der Waals surface area contributed by atoms with Crippen LogP contribution in [0.3, 0.4) is 0 Å². The number of nitrogens with zero attached hydrogens (tertiary/aromatic N) is 1. The summed E-state index contributed by atoms with van der Waals surface area (Å²) in [6.45, 7) is 3.60. The van der Waals surface area contributed by atoms with Crippen molar-refractivity contribution in [1.29, 1.82) is 0 Å². The highest BCUT2D eigenvalue weighted by Crippen LogP contribution is 2.40. The highest BCUT2D eigenvalue weighted by Gasteiger charge is 2.53. The average Bonchev–Trinajstić information content (AvgIpc) is 2.58. The number of nitrogens with one attached hydrogen (secondary N) is 1. The Kier molecular flexibility index (Phi) is 4.44. The fourth-order valence-electron chi connectivity index (χ4n) is 2.81. The number of hydrogen-bond acceptors (Lipinski definition) is 4. The predicted molar refractivity (Wildman–Crippen MR) is 90.0 cm³/mol. The van der Waals surface area contributed by atoms with E-state index in [9.17, 15) is 19.5 Å². The molecule has 1 aromatic rings. The van der Waals surface area contributed by atoms with Crippen LogP contribution in [0, 0.1) is 0 Å². The van der Waals surface area contributed by atoms with Crippen molar-refractivity contribution < 1.29 is 19.5 Å². The van der Waals surface area contributed by atoms with Gasteiger partial charge < -0.3 is 10.4 Å². The van der Waals surface area contributed by atoms with Crippen LogP contribution in [0.25, 0.3) is 0 Å². The zero-order chi connectivity index (χ0) is 17.3. The Morgan fingerprint density at radius 2 is 2.08 bits per heavy atom. The Morgan fingerprint density at radius 3 is 2.71 bits per heavy atom. The molecule has 3 rings (SSSR count). The Hall–Kier alpha value is -2.54. The monoisotopic (exact) mass is 344 g/mol. The second-order valence-electron chi connectivity index (χ2n) is 5.50. The largest absolute Gasteiger partial charge is 0.477 e. The quantitative estimate of drug-likeness (QED) is 0.783. The molecular weight excluding hydrogens is 328 g/mol. The molecule has 2 aliphatic rings. The van der Waals surface area contributed by atoms with Crippen molar-refractivity contribution in [2.24, 2.45) is 0 Å². The molecule has 2 N–H and O–H groups in total. The summed E-state index contributed by atoms with van der Waals surface area (Å²) in [4.78, 5) is 37.1. The van der Waals surface area contributed by atoms with Crippen molar-refractivity contribution in [3.8, 4) is 0 Å². The van der Waals surface area contributed by atoms with E-state index in [4.69, 9.17) is 0 Å². The lowest BCUT2D eigenvalue weighted by atomic mass is 10.0. The summed E-state index contributed by atoms with van der Waals surface area (Å²) < 4.78 is 0. The molecule has 2 atom stereocenters. The van der Waals surface area contributed by atoms with Crippen LogP contribution in [-0.4, -0.2) is 45.0 Å². The molecule has 2 amide bonds. The molecule has 24 heavy (non-hydrogen) atoms. The first-order chi connectivity index (χ1) is 11.5. The Morgan fingerprint density at radius 1 is 1.38 bits per heavy atom. The lowest BCUT2D eigenvalue weighted by Gasteiger charge is -2.49. The van der Waals surface area contributed by atoms with Crippen LogP contribution >= 0.6 is 11.8 Å². The molecule has 0 saturated carbocycles. The van der Waals surface area contributed by atoms with Crippen LogP contribution < -0.4 is 5.32 Å². The molecule has 0 aliphatic carbocycles. The van der Waals surface area contributed by atoms with Crippen molar-refractivity contribution in [3.05, 3.63) is 59.8 Å². The number of allylic oxidation sites excluding steroid dienone is 1. The highest BCUT2D eigenvalue weighted by atomic mass is 32.2. The number of thioether (sulfide) groups is 1. The minimum Gasteiger partial charge on any atom is -0.477 e. The number of carbonyl (C=O) groups excluding carboxylic acids is 2. The summed E-state index contributed by atoms with van der Waals surface area (Å²) in [5.74, 6) is -1.36. The first-order valence-electron chi connectivity index (χ1n) is 7.39. The van der Waals surface area contributed by atoms with Gasteiger partial charge in [-0.15, -0.1) is 11.8 Å². The number of carbonyl (C=O) groups is 3. The van der Waals surface area contributed by atoms with Crippen molar-refractivity contribution in [1.82, 2.24) is 10.2 Å². The minimum atomic E-state index is -1.15. The molecule has 0 radical (unpaired) electrons. The maximum Gasteiger partial charge on any atom is 0.352 e. The van der Waals surface area contributed by atoms with Gasteiger partial charge in [0.2, 0.25) is 5.91 Å². The number of β-lactam (4-membered cyclic amide) rings is 1. The van der Waals surface area contributed by atoms with Gasteiger partial charge >= 0.3 is 5.97 Å². The standard InChI is InChI=1S/C17H16N2O4S/c1-2-11-9-24-16-13(15(21)19(16)14(11)17(22)23)18-12(20)8-10-6-4-3-5-7-10/h2-7,13,16H,1,8-9H2,(H,18,20)(H,22,23)/t13-,16?/m1/s1. The summed E-state index contributed by atoms with van der Waals surface area (Å²) in [6.07, 6.45) is 1.64. The maximum atomic E-state index is 12.3. The average molecular weight is 344 g/mol. The molecule has 1 saturated heterocycles. The first-order valence-corrected chi connectivity index (χ1v) is 8.44. The van der Waals surface area contributed by atoms with Crippen LogP contribution in [-0.2, 0) is 20.8 Å². The molecular formula is C17H16N2O4S. The molecule has 1 unspecified atom stereocenters. The first kappa shape index (κ1) is 16.3. The van der Waals surface area contributed by atoms with Crippen molar-refractivity contribution >= 4 is 29.5 Å². The Bertz CT molecular complexity index is 744. The number of rotatable bonds is 5. The van der Waals surface area contributed by atoms with Gasteiger partial charge in [-0.25, -0.2) is 4.79 Å². The number of fused-ring (bicyclic) bond motifs is 1. The van der Waals surface area contributed by atoms with Gasteiger partial charge in [0, 0.05) is 5.75 Å². The summed E-state index contributed by atoms with van der Waals surface area (Å²) >= 11 is 1.42. The van der Waals surface area contributed by atoms with E-state index in [0.29, 0.717) is 11.3 Å². The normalized spacial score (nSPS) is 22.5. The number of amides is 2. The van der Waals surface area contributed by atoms with Crippen molar-refractivity contribution in [2.75, 3.05) is 5.75 Å². The van der Waals surface area contributed by atoms with Gasteiger partial charge in [0.1, 0.15) is 17.1 Å². The molecule has 1 aromatic carbocycles. The second kappa shape index (κ2) is 6.52. The Labute approximate surface area is 143 Å². The third kappa shape index (κ3) is 2.82. The molecule has 124 valence electrons. The third-order valence-electron chi connectivity index (χ3n) is 3.97. The molecule has 2 aliphatic heterocycles. The number of benzene rings is 1. The van der Waals surface area contributed by atoms with Gasteiger partial charge in [0.05, 0.1) is 6.42 Å². The fourth-order valence-corrected chi connectivity index (χ4v) is 4.15. The van der Waals surface area contributed by atoms with Gasteiger partial charge in [-0.3, -0.25) is 14.5 Å². The molecule has 0 aromatic heterocycles. The SMILES string of the molecule is C=CC1=C(C(=O)O)N2C(=O)[C@@H](NC(=O)Cc3ccccc3)C2SC1. The Balaban J connectivity index is 1.70. The van der Waals surface area contributed by atoms with Crippen LogP contribution in [0.2, 0.25) is 0 Å². The molecule has 1 fully saturated rings. The van der Waals surface area contributed by atoms with E-state index in [1.165, 1.54) is 22.7 Å². The van der Waals surface area contributed by atoms with E-state index in [0.717, 1.165) is 5.56 Å². The van der Waals surface area contributed by atoms with Gasteiger partial charge in [0.25, 0.3) is 5.91 Å². The van der Waals surface area contributed by atoms with Crippen molar-refractivity contribution in [2.45, 2.75) is 17.8 Å². The summed E-state index contributed by atoms with van der Waals surface area (Å²) in [6, 6.07) is 8.54. The van der Waals surface area contributed by atoms with Gasteiger partial charge in [0.15, 0.2) is 0 Å². The van der Waals surface area contributed by atoms with E-state index in [1.54, 1.807) is 0 Å². The van der Waals surface area contributed by atoms with Crippen LogP contribution in [0.1, 0.15) is 5.56 Å². The van der Waals surface area contributed by atoms with E-state index in [2.05, 4.69) is 11.9 Å². The number of carboxylic acids is 1. The smallest absolute Gasteiger partial charge is 0.352 e. The zero-order valence-corrected chi connectivity index (χ0v) is 13.6. The van der Waals surface area contributed by atoms with E-state index >= 15 is 0 Å². The molecule has 0 spiro atoms. The summed E-state index contributed by atoms with van der Waals surface area (Å²) in [5, 5.41) is 11.7. The molecule has 2 heterocycles. The topological polar surface area (TPSA) is 86.7 Å². The van der Waals surface area contributed by atoms with Crippen LogP contribution in [0.4, 0.5) is 0 Å². The van der Waals surface area contributed by atoms with E-state index in [1.807, 2.05) is 30.3 Å². The lowest BCUT2D eigenvalue weighted by Crippen LogP contribution is -2.70. The van der Waals surface area contributed by atoms with Crippen molar-refractivity contribution in [3.63, 3.8) is 0 Å². The molecule has 7 heteroatoms. The van der Waals surface area contributed by atoms with E-state index < -0.39 is 17.9 Å². The number of aliphatic carboxylic acids is 1. The third-order valence-corrected chi connectivity index (χ3v) is 5.27. The highest BCUT2D eigenvalue weighted by molar-refractivity contribution is 8.00. The number of hydrogen-bond donors (Lipinski definition) is 2. The van der Waals surface area contributed by atoms with E-state index in [-0.39, 0.29) is 23.4 Å². The lowest BCUT2D eigenvalue weighted by molar-refractivity contribution is -0.150. The van der Waals surface area contributed by atoms with Gasteiger partial charge in [-0.2, -0.15) is 0 Å². The summed E-state index contributed by atoms with van der Waals surface area (Å²) in [7, 11) is 0. The second-order valence-corrected chi connectivity index (χ2v) is 6.61. The summed E-state index contributed by atoms with van der Waals surface area (Å²) in [5.41, 5.74) is 1.34. The fraction of sp³-hybridized carbons (Fsp3) is 0.235. The number of carboxylic acid groups (broad SMARTS) is 1. The maximum absolute atomic E-state index is 12.3. The van der Waals surface area contributed by atoms with Gasteiger partial charge in [-0.1, -0.05) is 43.0 Å². The predicted octanol–water partition coefficient (Wildman–Crippen LogP) is 1.15. The molecule has 6 nitrogen and oxygen atoms in total. The van der Waals surface area contributed by atoms with Crippen LogP contribution in [0.15, 0.2) is 54.3 Å².